The van der Waals surface area contributed by atoms with E-state index in [2.05, 4.69) is 20.8 Å². The van der Waals surface area contributed by atoms with E-state index in [4.69, 9.17) is 9.47 Å². The van der Waals surface area contributed by atoms with Gasteiger partial charge in [0.15, 0.2) is 0 Å². The monoisotopic (exact) mass is 230 g/mol. The first-order valence-corrected chi connectivity index (χ1v) is 5.81. The molecule has 0 aliphatic heterocycles. The first-order valence-electron chi connectivity index (χ1n) is 5.81. The summed E-state index contributed by atoms with van der Waals surface area (Å²) < 4.78 is 10.8. The van der Waals surface area contributed by atoms with Crippen molar-refractivity contribution in [3.63, 3.8) is 0 Å². The van der Waals surface area contributed by atoms with E-state index in [0.29, 0.717) is 6.61 Å². The smallest absolute Gasteiger partial charge is 0.304 e. The molecular formula is C13H26O3. The van der Waals surface area contributed by atoms with E-state index in [-0.39, 0.29) is 16.8 Å². The van der Waals surface area contributed by atoms with Crippen molar-refractivity contribution in [2.24, 2.45) is 10.8 Å². The molecule has 0 radical (unpaired) electrons. The molecule has 3 heteroatoms. The van der Waals surface area contributed by atoms with Crippen LogP contribution in [-0.2, 0) is 14.3 Å². The Morgan fingerprint density at radius 2 is 1.62 bits per heavy atom. The summed E-state index contributed by atoms with van der Waals surface area (Å²) in [6.07, 6.45) is 0.480. The highest BCUT2D eigenvalue weighted by Gasteiger charge is 2.28. The summed E-state index contributed by atoms with van der Waals surface area (Å²) in [5.41, 5.74) is 0.0439. The van der Waals surface area contributed by atoms with Gasteiger partial charge in [0.2, 0.25) is 6.29 Å². The van der Waals surface area contributed by atoms with Gasteiger partial charge < -0.3 is 9.47 Å². The van der Waals surface area contributed by atoms with E-state index in [9.17, 15) is 4.79 Å². The third-order valence-electron chi connectivity index (χ3n) is 2.10. The van der Waals surface area contributed by atoms with Gasteiger partial charge in [-0.05, 0) is 11.8 Å². The van der Waals surface area contributed by atoms with Crippen molar-refractivity contribution >= 4 is 5.97 Å². The summed E-state index contributed by atoms with van der Waals surface area (Å²) in [4.78, 5) is 11.0. The average molecular weight is 230 g/mol. The molecule has 96 valence electrons. The molecule has 0 heterocycles. The summed E-state index contributed by atoms with van der Waals surface area (Å²) in [7, 11) is 0. The van der Waals surface area contributed by atoms with Crippen molar-refractivity contribution in [2.45, 2.75) is 61.2 Å². The SMILES string of the molecule is CC(=O)OC(OCCC(C)(C)C)C(C)(C)C. The number of esters is 1. The fourth-order valence-corrected chi connectivity index (χ4v) is 1.08. The average Bonchev–Trinajstić information content (AvgIpc) is 1.97. The zero-order valence-electron chi connectivity index (χ0n) is 11.7. The lowest BCUT2D eigenvalue weighted by Crippen LogP contribution is -2.34. The Balaban J connectivity index is 4.19. The second-order valence-corrected chi connectivity index (χ2v) is 6.49. The van der Waals surface area contributed by atoms with Crippen molar-refractivity contribution in [1.82, 2.24) is 0 Å². The van der Waals surface area contributed by atoms with Gasteiger partial charge in [-0.2, -0.15) is 0 Å². The third-order valence-corrected chi connectivity index (χ3v) is 2.10. The van der Waals surface area contributed by atoms with Crippen molar-refractivity contribution in [3.05, 3.63) is 0 Å². The first kappa shape index (κ1) is 15.4. The van der Waals surface area contributed by atoms with Crippen molar-refractivity contribution < 1.29 is 14.3 Å². The summed E-state index contributed by atoms with van der Waals surface area (Å²) in [5.74, 6) is -0.296. The van der Waals surface area contributed by atoms with Crippen LogP contribution < -0.4 is 0 Å². The predicted octanol–water partition coefficient (Wildman–Crippen LogP) is 3.37. The number of hydrogen-bond donors (Lipinski definition) is 0. The zero-order chi connectivity index (χ0) is 13.0. The van der Waals surface area contributed by atoms with Crippen LogP contribution in [0.1, 0.15) is 54.9 Å². The van der Waals surface area contributed by atoms with E-state index in [0.717, 1.165) is 6.42 Å². The van der Waals surface area contributed by atoms with Gasteiger partial charge in [0.05, 0.1) is 6.61 Å². The van der Waals surface area contributed by atoms with Gasteiger partial charge in [0.1, 0.15) is 0 Å². The van der Waals surface area contributed by atoms with Crippen LogP contribution in [0.2, 0.25) is 0 Å². The second-order valence-electron chi connectivity index (χ2n) is 6.49. The van der Waals surface area contributed by atoms with Crippen LogP contribution in [0.3, 0.4) is 0 Å². The highest BCUT2D eigenvalue weighted by atomic mass is 16.7. The maximum absolute atomic E-state index is 11.0. The van der Waals surface area contributed by atoms with Crippen LogP contribution in [0.25, 0.3) is 0 Å². The van der Waals surface area contributed by atoms with Gasteiger partial charge >= 0.3 is 5.97 Å². The Morgan fingerprint density at radius 3 is 1.94 bits per heavy atom. The topological polar surface area (TPSA) is 35.5 Å². The molecule has 0 aliphatic carbocycles. The van der Waals surface area contributed by atoms with Crippen LogP contribution in [0.5, 0.6) is 0 Å². The maximum atomic E-state index is 11.0. The third kappa shape index (κ3) is 7.69. The Kier molecular flexibility index (Phi) is 5.47. The summed E-state index contributed by atoms with van der Waals surface area (Å²) in [6.45, 7) is 14.5. The molecule has 0 fully saturated rings. The molecule has 3 nitrogen and oxygen atoms in total. The second kappa shape index (κ2) is 5.67. The van der Waals surface area contributed by atoms with E-state index >= 15 is 0 Å². The highest BCUT2D eigenvalue weighted by Crippen LogP contribution is 2.25. The van der Waals surface area contributed by atoms with E-state index < -0.39 is 6.29 Å². The molecule has 0 bridgehead atoms. The molecule has 0 aliphatic rings. The zero-order valence-corrected chi connectivity index (χ0v) is 11.7. The van der Waals surface area contributed by atoms with Crippen LogP contribution >= 0.6 is 0 Å². The molecule has 0 aromatic heterocycles. The minimum atomic E-state index is -0.465. The number of carbonyl (C=O) groups is 1. The molecule has 16 heavy (non-hydrogen) atoms. The van der Waals surface area contributed by atoms with E-state index in [1.165, 1.54) is 6.92 Å². The molecule has 0 N–H and O–H groups in total. The van der Waals surface area contributed by atoms with Gasteiger partial charge in [-0.1, -0.05) is 41.5 Å². The Morgan fingerprint density at radius 1 is 1.12 bits per heavy atom. The minimum absolute atomic E-state index is 0.191. The number of hydrogen-bond acceptors (Lipinski definition) is 3. The molecule has 1 unspecified atom stereocenters. The van der Waals surface area contributed by atoms with Crippen molar-refractivity contribution in [1.29, 1.82) is 0 Å². The van der Waals surface area contributed by atoms with Crippen LogP contribution in [-0.4, -0.2) is 18.9 Å². The largest absolute Gasteiger partial charge is 0.435 e. The standard InChI is InChI=1S/C13H26O3/c1-10(14)16-11(13(5,6)7)15-9-8-12(2,3)4/h11H,8-9H2,1-7H3. The van der Waals surface area contributed by atoms with E-state index in [1.54, 1.807) is 0 Å². The van der Waals surface area contributed by atoms with Crippen molar-refractivity contribution in [2.75, 3.05) is 6.61 Å². The van der Waals surface area contributed by atoms with Gasteiger partial charge in [0.25, 0.3) is 0 Å². The van der Waals surface area contributed by atoms with Crippen LogP contribution in [0.15, 0.2) is 0 Å². The van der Waals surface area contributed by atoms with E-state index in [1.807, 2.05) is 20.8 Å². The minimum Gasteiger partial charge on any atom is -0.435 e. The van der Waals surface area contributed by atoms with Gasteiger partial charge in [-0.3, -0.25) is 4.79 Å². The summed E-state index contributed by atoms with van der Waals surface area (Å²) in [5, 5.41) is 0. The number of ether oxygens (including phenoxy) is 2. The van der Waals surface area contributed by atoms with Gasteiger partial charge in [0, 0.05) is 12.3 Å². The molecule has 0 rings (SSSR count). The lowest BCUT2D eigenvalue weighted by molar-refractivity contribution is -0.203. The molecule has 1 atom stereocenters. The Labute approximate surface area is 99.5 Å². The highest BCUT2D eigenvalue weighted by molar-refractivity contribution is 5.66. The first-order chi connectivity index (χ1) is 7.02. The summed E-state index contributed by atoms with van der Waals surface area (Å²) in [6, 6.07) is 0. The quantitative estimate of drug-likeness (QED) is 0.548. The number of rotatable bonds is 4. The van der Waals surface area contributed by atoms with Gasteiger partial charge in [-0.25, -0.2) is 0 Å². The lowest BCUT2D eigenvalue weighted by Gasteiger charge is -2.30. The predicted molar refractivity (Wildman–Crippen MR) is 65.0 cm³/mol. The molecule has 0 saturated heterocycles. The Hall–Kier alpha value is -0.570. The summed E-state index contributed by atoms with van der Waals surface area (Å²) >= 11 is 0. The lowest BCUT2D eigenvalue weighted by atomic mass is 9.92. The molecule has 0 aromatic carbocycles. The fourth-order valence-electron chi connectivity index (χ4n) is 1.08. The number of carbonyl (C=O) groups excluding carboxylic acids is 1. The maximum Gasteiger partial charge on any atom is 0.304 e. The van der Waals surface area contributed by atoms with Gasteiger partial charge in [-0.15, -0.1) is 0 Å². The van der Waals surface area contributed by atoms with Crippen LogP contribution in [0.4, 0.5) is 0 Å². The Bertz CT molecular complexity index is 220. The van der Waals surface area contributed by atoms with Crippen molar-refractivity contribution in [3.8, 4) is 0 Å². The molecule has 0 aromatic rings. The molecule has 0 saturated carbocycles. The normalized spacial score (nSPS) is 14.7. The molecular weight excluding hydrogens is 204 g/mol. The molecule has 0 spiro atoms. The fraction of sp³-hybridized carbons (Fsp3) is 0.923. The molecule has 0 amide bonds. The van der Waals surface area contributed by atoms with Crippen LogP contribution in [0, 0.1) is 10.8 Å².